The minimum atomic E-state index is 0.0149. The van der Waals surface area contributed by atoms with E-state index in [-0.39, 0.29) is 11.8 Å². The molecule has 7 heteroatoms. The fourth-order valence-corrected chi connectivity index (χ4v) is 4.34. The first-order valence-electron chi connectivity index (χ1n) is 8.77. The predicted molar refractivity (Wildman–Crippen MR) is 113 cm³/mol. The van der Waals surface area contributed by atoms with Crippen LogP contribution in [0, 0.1) is 0 Å². The van der Waals surface area contributed by atoms with Gasteiger partial charge in [-0.3, -0.25) is 4.79 Å². The monoisotopic (exact) mass is 398 g/mol. The van der Waals surface area contributed by atoms with E-state index in [0.717, 1.165) is 15.9 Å². The lowest BCUT2D eigenvalue weighted by Gasteiger charge is -2.18. The highest BCUT2D eigenvalue weighted by Gasteiger charge is 2.14. The number of benzene rings is 2. The number of thioether (sulfide) groups is 1. The summed E-state index contributed by atoms with van der Waals surface area (Å²) in [5.41, 5.74) is 2.53. The summed E-state index contributed by atoms with van der Waals surface area (Å²) in [7, 11) is 1.80. The van der Waals surface area contributed by atoms with Crippen LogP contribution in [0.15, 0.2) is 65.0 Å². The van der Waals surface area contributed by atoms with E-state index in [1.54, 1.807) is 7.05 Å². The number of carbonyl (C=O) groups excluding carboxylic acids is 1. The van der Waals surface area contributed by atoms with Gasteiger partial charge in [0.15, 0.2) is 4.34 Å². The number of anilines is 1. The van der Waals surface area contributed by atoms with Crippen molar-refractivity contribution < 1.29 is 4.79 Å². The number of rotatable bonds is 9. The maximum absolute atomic E-state index is 12.2. The summed E-state index contributed by atoms with van der Waals surface area (Å²) in [5.74, 6) is 0.627. The van der Waals surface area contributed by atoms with Crippen LogP contribution in [0.4, 0.5) is 5.13 Å². The maximum Gasteiger partial charge on any atom is 0.230 e. The molecule has 5 nitrogen and oxygen atoms in total. The van der Waals surface area contributed by atoms with Gasteiger partial charge in [0.2, 0.25) is 11.0 Å². The minimum absolute atomic E-state index is 0.0149. The number of carbonyl (C=O) groups is 1. The third kappa shape index (κ3) is 5.80. The Morgan fingerprint density at radius 2 is 1.67 bits per heavy atom. The standard InChI is InChI=1S/C20H22N4OS2/c1-21-19-23-24-20(27-19)26-14-18(25)22-13-12-17(15-8-4-2-5-9-15)16-10-6-3-7-11-16/h2-11,17H,12-14H2,1H3,(H,21,23)(H,22,25). The summed E-state index contributed by atoms with van der Waals surface area (Å²) in [4.78, 5) is 12.2. The van der Waals surface area contributed by atoms with Crippen LogP contribution in [-0.4, -0.2) is 35.4 Å². The molecular weight excluding hydrogens is 376 g/mol. The van der Waals surface area contributed by atoms with Gasteiger partial charge >= 0.3 is 0 Å². The van der Waals surface area contributed by atoms with Crippen LogP contribution in [0.1, 0.15) is 23.5 Å². The highest BCUT2D eigenvalue weighted by Crippen LogP contribution is 2.27. The number of amides is 1. The normalized spacial score (nSPS) is 10.7. The summed E-state index contributed by atoms with van der Waals surface area (Å²) >= 11 is 2.86. The Morgan fingerprint density at radius 1 is 1.04 bits per heavy atom. The quantitative estimate of drug-likeness (QED) is 0.533. The van der Waals surface area contributed by atoms with Crippen molar-refractivity contribution in [3.8, 4) is 0 Å². The highest BCUT2D eigenvalue weighted by molar-refractivity contribution is 8.01. The van der Waals surface area contributed by atoms with Crippen molar-refractivity contribution in [1.29, 1.82) is 0 Å². The zero-order valence-electron chi connectivity index (χ0n) is 15.1. The molecule has 2 aromatic carbocycles. The van der Waals surface area contributed by atoms with Crippen molar-refractivity contribution in [3.05, 3.63) is 71.8 Å². The lowest BCUT2D eigenvalue weighted by molar-refractivity contribution is -0.118. The summed E-state index contributed by atoms with van der Waals surface area (Å²) in [6, 6.07) is 20.9. The van der Waals surface area contributed by atoms with Crippen LogP contribution in [0.25, 0.3) is 0 Å². The molecule has 0 radical (unpaired) electrons. The second-order valence-corrected chi connectivity index (χ2v) is 8.12. The van der Waals surface area contributed by atoms with Gasteiger partial charge in [-0.2, -0.15) is 0 Å². The summed E-state index contributed by atoms with van der Waals surface area (Å²) in [6.45, 7) is 0.631. The predicted octanol–water partition coefficient (Wildman–Crippen LogP) is 4.01. The van der Waals surface area contributed by atoms with E-state index in [1.807, 2.05) is 12.1 Å². The van der Waals surface area contributed by atoms with Crippen molar-refractivity contribution in [3.63, 3.8) is 0 Å². The molecule has 0 aliphatic heterocycles. The van der Waals surface area contributed by atoms with E-state index in [0.29, 0.717) is 12.3 Å². The van der Waals surface area contributed by atoms with Crippen LogP contribution in [0.5, 0.6) is 0 Å². The SMILES string of the molecule is CNc1nnc(SCC(=O)NCCC(c2ccccc2)c2ccccc2)s1. The molecule has 0 unspecified atom stereocenters. The molecule has 27 heavy (non-hydrogen) atoms. The second-order valence-electron chi connectivity index (χ2n) is 5.92. The lowest BCUT2D eigenvalue weighted by atomic mass is 9.88. The van der Waals surface area contributed by atoms with Gasteiger partial charge in [0.05, 0.1) is 5.75 Å². The van der Waals surface area contributed by atoms with Crippen molar-refractivity contribution in [2.24, 2.45) is 0 Å². The third-order valence-corrected chi connectivity index (χ3v) is 6.18. The number of nitrogens with zero attached hydrogens (tertiary/aromatic N) is 2. The number of hydrogen-bond acceptors (Lipinski definition) is 6. The Kier molecular flexibility index (Phi) is 7.24. The molecule has 140 valence electrons. The van der Waals surface area contributed by atoms with Gasteiger partial charge in [-0.15, -0.1) is 10.2 Å². The Hall–Kier alpha value is -2.38. The molecule has 0 fully saturated rings. The molecule has 0 aliphatic carbocycles. The topological polar surface area (TPSA) is 66.9 Å². The van der Waals surface area contributed by atoms with E-state index in [2.05, 4.69) is 69.4 Å². The molecule has 3 aromatic rings. The number of aromatic nitrogens is 2. The zero-order chi connectivity index (χ0) is 18.9. The van der Waals surface area contributed by atoms with Gasteiger partial charge < -0.3 is 10.6 Å². The molecule has 1 aromatic heterocycles. The summed E-state index contributed by atoms with van der Waals surface area (Å²) < 4.78 is 0.793. The van der Waals surface area contributed by atoms with Crippen LogP contribution < -0.4 is 10.6 Å². The van der Waals surface area contributed by atoms with E-state index in [9.17, 15) is 4.79 Å². The Morgan fingerprint density at radius 3 is 2.22 bits per heavy atom. The highest BCUT2D eigenvalue weighted by atomic mass is 32.2. The second kappa shape index (κ2) is 10.1. The van der Waals surface area contributed by atoms with Crippen LogP contribution in [0.3, 0.4) is 0 Å². The fraction of sp³-hybridized carbons (Fsp3) is 0.250. The Balaban J connectivity index is 1.52. The van der Waals surface area contributed by atoms with Crippen molar-refractivity contribution in [1.82, 2.24) is 15.5 Å². The summed E-state index contributed by atoms with van der Waals surface area (Å²) in [5, 5.41) is 14.7. The molecule has 0 aliphatic rings. The molecular formula is C20H22N4OS2. The molecule has 1 heterocycles. The maximum atomic E-state index is 12.2. The summed E-state index contributed by atoms with van der Waals surface area (Å²) in [6.07, 6.45) is 0.854. The van der Waals surface area contributed by atoms with Gasteiger partial charge in [0.25, 0.3) is 0 Å². The van der Waals surface area contributed by atoms with Crippen molar-refractivity contribution in [2.45, 2.75) is 16.7 Å². The van der Waals surface area contributed by atoms with E-state index >= 15 is 0 Å². The molecule has 0 bridgehead atoms. The molecule has 0 spiro atoms. The number of hydrogen-bond donors (Lipinski definition) is 2. The fourth-order valence-electron chi connectivity index (χ4n) is 2.80. The molecule has 0 saturated carbocycles. The van der Waals surface area contributed by atoms with E-state index < -0.39 is 0 Å². The third-order valence-electron chi connectivity index (χ3n) is 4.11. The molecule has 2 N–H and O–H groups in total. The zero-order valence-corrected chi connectivity index (χ0v) is 16.7. The van der Waals surface area contributed by atoms with Crippen LogP contribution in [-0.2, 0) is 4.79 Å². The van der Waals surface area contributed by atoms with Gasteiger partial charge in [-0.05, 0) is 17.5 Å². The minimum Gasteiger partial charge on any atom is -0.363 e. The molecule has 0 atom stereocenters. The van der Waals surface area contributed by atoms with Crippen molar-refractivity contribution in [2.75, 3.05) is 24.7 Å². The van der Waals surface area contributed by atoms with E-state index in [4.69, 9.17) is 0 Å². The first-order chi connectivity index (χ1) is 13.3. The molecule has 0 saturated heterocycles. The Bertz CT molecular complexity index is 800. The average molecular weight is 399 g/mol. The largest absolute Gasteiger partial charge is 0.363 e. The first-order valence-corrected chi connectivity index (χ1v) is 10.6. The van der Waals surface area contributed by atoms with Gasteiger partial charge in [0.1, 0.15) is 0 Å². The molecule has 3 rings (SSSR count). The van der Waals surface area contributed by atoms with Crippen molar-refractivity contribution >= 4 is 34.1 Å². The van der Waals surface area contributed by atoms with Crippen LogP contribution >= 0.6 is 23.1 Å². The average Bonchev–Trinajstić information content (AvgIpc) is 3.19. The molecule has 1 amide bonds. The van der Waals surface area contributed by atoms with E-state index in [1.165, 1.54) is 34.2 Å². The number of nitrogens with one attached hydrogen (secondary N) is 2. The smallest absolute Gasteiger partial charge is 0.230 e. The van der Waals surface area contributed by atoms with Gasteiger partial charge in [-0.25, -0.2) is 0 Å². The first kappa shape index (κ1) is 19.4. The van der Waals surface area contributed by atoms with Gasteiger partial charge in [0, 0.05) is 19.5 Å². The Labute approximate surface area is 167 Å². The van der Waals surface area contributed by atoms with Gasteiger partial charge in [-0.1, -0.05) is 83.8 Å². The van der Waals surface area contributed by atoms with Crippen LogP contribution in [0.2, 0.25) is 0 Å². The lowest BCUT2D eigenvalue weighted by Crippen LogP contribution is -2.27.